The molecule has 1 saturated heterocycles. The van der Waals surface area contributed by atoms with Crippen LogP contribution in [-0.2, 0) is 9.53 Å². The van der Waals surface area contributed by atoms with Crippen LogP contribution in [0.4, 0.5) is 33.9 Å². The van der Waals surface area contributed by atoms with Crippen molar-refractivity contribution in [2.75, 3.05) is 54.1 Å². The van der Waals surface area contributed by atoms with Gasteiger partial charge in [0, 0.05) is 56.7 Å². The van der Waals surface area contributed by atoms with Crippen molar-refractivity contribution in [2.24, 2.45) is 0 Å². The zero-order valence-electron chi connectivity index (χ0n) is 21.2. The van der Waals surface area contributed by atoms with Gasteiger partial charge in [0.2, 0.25) is 17.8 Å². The third-order valence-corrected chi connectivity index (χ3v) is 5.99. The van der Waals surface area contributed by atoms with Gasteiger partial charge in [0.1, 0.15) is 5.82 Å². The van der Waals surface area contributed by atoms with Gasteiger partial charge in [0.05, 0.1) is 12.3 Å². The highest BCUT2D eigenvalue weighted by Gasteiger charge is 2.18. The lowest BCUT2D eigenvalue weighted by Gasteiger charge is -2.22. The fraction of sp³-hybridized carbons (Fsp3) is 0.400. The fourth-order valence-corrected chi connectivity index (χ4v) is 3.97. The lowest BCUT2D eigenvalue weighted by Crippen LogP contribution is -2.33. The summed E-state index contributed by atoms with van der Waals surface area (Å²) in [5.74, 6) is 1.45. The lowest BCUT2D eigenvalue weighted by molar-refractivity contribution is -0.128. The number of benzene rings is 1. The highest BCUT2D eigenvalue weighted by atomic mass is 16.5. The first-order chi connectivity index (χ1) is 17.9. The molecule has 2 aromatic heterocycles. The van der Waals surface area contributed by atoms with Crippen molar-refractivity contribution in [3.05, 3.63) is 42.6 Å². The minimum absolute atomic E-state index is 0.0924. The zero-order chi connectivity index (χ0) is 26.2. The van der Waals surface area contributed by atoms with Crippen LogP contribution in [0, 0.1) is 0 Å². The Hall–Kier alpha value is -4.35. The van der Waals surface area contributed by atoms with Gasteiger partial charge in [-0.3, -0.25) is 10.1 Å². The molecule has 1 aromatic carbocycles. The van der Waals surface area contributed by atoms with E-state index in [0.717, 1.165) is 49.5 Å². The molecule has 196 valence electrons. The molecule has 0 bridgehead atoms. The van der Waals surface area contributed by atoms with Gasteiger partial charge in [-0.05, 0) is 43.2 Å². The average Bonchev–Trinajstić information content (AvgIpc) is 3.08. The maximum Gasteiger partial charge on any atom is 0.411 e. The molecular formula is C25H33N9O3. The van der Waals surface area contributed by atoms with Gasteiger partial charge in [-0.1, -0.05) is 13.3 Å². The third kappa shape index (κ3) is 6.87. The Morgan fingerprint density at radius 1 is 1.08 bits per heavy atom. The summed E-state index contributed by atoms with van der Waals surface area (Å²) in [6, 6.07) is 10.8. The van der Waals surface area contributed by atoms with Crippen LogP contribution in [0.1, 0.15) is 33.1 Å². The summed E-state index contributed by atoms with van der Waals surface area (Å²) in [6.07, 6.45) is 3.91. The Labute approximate surface area is 215 Å². The Bertz CT molecular complexity index is 1210. The van der Waals surface area contributed by atoms with Crippen LogP contribution in [0.2, 0.25) is 0 Å². The van der Waals surface area contributed by atoms with E-state index in [1.165, 1.54) is 0 Å². The summed E-state index contributed by atoms with van der Waals surface area (Å²) < 4.78 is 6.66. The topological polar surface area (TPSA) is 144 Å². The standard InChI is InChI=1S/C25H33N9O3/c1-3-4-16-37-25(36)29-20-8-6-19(7-9-20)28-24-30-23(26)34(31-24)21-10-11-27-22(17-21)33-13-5-12-32(14-15-33)18(2)35/h6-11,17H,3-5,12-16H2,1-2H3,(H,29,36)(H3,26,28,30,31). The number of ether oxygens (including phenoxy) is 1. The number of nitrogens with one attached hydrogen (secondary N) is 2. The largest absolute Gasteiger partial charge is 0.449 e. The molecule has 0 saturated carbocycles. The molecule has 1 aliphatic rings. The number of nitrogens with zero attached hydrogens (tertiary/aromatic N) is 6. The van der Waals surface area contributed by atoms with Crippen LogP contribution in [0.3, 0.4) is 0 Å². The normalized spacial score (nSPS) is 13.7. The van der Waals surface area contributed by atoms with Crippen molar-refractivity contribution in [2.45, 2.75) is 33.1 Å². The number of anilines is 5. The summed E-state index contributed by atoms with van der Waals surface area (Å²) in [4.78, 5) is 36.4. The van der Waals surface area contributed by atoms with Crippen molar-refractivity contribution in [1.82, 2.24) is 24.6 Å². The summed E-state index contributed by atoms with van der Waals surface area (Å²) in [5.41, 5.74) is 8.26. The van der Waals surface area contributed by atoms with Gasteiger partial charge < -0.3 is 25.6 Å². The van der Waals surface area contributed by atoms with E-state index in [1.54, 1.807) is 42.1 Å². The predicted octanol–water partition coefficient (Wildman–Crippen LogP) is 3.40. The minimum atomic E-state index is -0.476. The number of hydrogen-bond donors (Lipinski definition) is 3. The molecule has 37 heavy (non-hydrogen) atoms. The Morgan fingerprint density at radius 3 is 2.62 bits per heavy atom. The van der Waals surface area contributed by atoms with Crippen LogP contribution in [0.5, 0.6) is 0 Å². The molecule has 1 aliphatic heterocycles. The number of carbonyl (C=O) groups is 2. The molecule has 2 amide bonds. The van der Waals surface area contributed by atoms with E-state index in [-0.39, 0.29) is 11.9 Å². The monoisotopic (exact) mass is 507 g/mol. The van der Waals surface area contributed by atoms with Crippen LogP contribution < -0.4 is 21.3 Å². The van der Waals surface area contributed by atoms with E-state index >= 15 is 0 Å². The lowest BCUT2D eigenvalue weighted by atomic mass is 10.3. The third-order valence-electron chi connectivity index (χ3n) is 5.99. The smallest absolute Gasteiger partial charge is 0.411 e. The number of nitrogen functional groups attached to an aromatic ring is 1. The van der Waals surface area contributed by atoms with Crippen LogP contribution in [0.25, 0.3) is 5.69 Å². The summed E-state index contributed by atoms with van der Waals surface area (Å²) in [5, 5.41) is 10.3. The maximum absolute atomic E-state index is 11.8. The number of nitrogens with two attached hydrogens (primary N) is 1. The molecule has 0 radical (unpaired) electrons. The van der Waals surface area contributed by atoms with E-state index in [9.17, 15) is 9.59 Å². The molecule has 4 N–H and O–H groups in total. The number of amides is 2. The second-order valence-corrected chi connectivity index (χ2v) is 8.74. The first kappa shape index (κ1) is 25.7. The Kier molecular flexibility index (Phi) is 8.39. The molecule has 1 fully saturated rings. The molecule has 12 heteroatoms. The minimum Gasteiger partial charge on any atom is -0.449 e. The Morgan fingerprint density at radius 2 is 1.86 bits per heavy atom. The van der Waals surface area contributed by atoms with Crippen LogP contribution in [0.15, 0.2) is 42.6 Å². The number of aromatic nitrogens is 4. The number of hydrogen-bond acceptors (Lipinski definition) is 9. The summed E-state index contributed by atoms with van der Waals surface area (Å²) >= 11 is 0. The van der Waals surface area contributed by atoms with Gasteiger partial charge in [-0.15, -0.1) is 5.10 Å². The van der Waals surface area contributed by atoms with Gasteiger partial charge in [0.25, 0.3) is 0 Å². The molecule has 0 unspecified atom stereocenters. The molecule has 12 nitrogen and oxygen atoms in total. The van der Waals surface area contributed by atoms with Crippen LogP contribution in [-0.4, -0.2) is 69.4 Å². The molecular weight excluding hydrogens is 474 g/mol. The SMILES string of the molecule is CCCCOC(=O)Nc1ccc(Nc2nc(N)n(-c3ccnc(N4CCCN(C(C)=O)CC4)c3)n2)cc1. The maximum atomic E-state index is 11.8. The molecule has 0 aliphatic carbocycles. The quantitative estimate of drug-likeness (QED) is 0.391. The second-order valence-electron chi connectivity index (χ2n) is 8.74. The van der Waals surface area contributed by atoms with Crippen molar-refractivity contribution in [3.63, 3.8) is 0 Å². The fourth-order valence-electron chi connectivity index (χ4n) is 3.97. The van der Waals surface area contributed by atoms with E-state index in [1.807, 2.05) is 24.0 Å². The van der Waals surface area contributed by atoms with Crippen molar-refractivity contribution < 1.29 is 14.3 Å². The molecule has 4 rings (SSSR count). The zero-order valence-corrected chi connectivity index (χ0v) is 21.2. The van der Waals surface area contributed by atoms with Gasteiger partial charge in [-0.25, -0.2) is 9.78 Å². The van der Waals surface area contributed by atoms with E-state index < -0.39 is 6.09 Å². The van der Waals surface area contributed by atoms with E-state index in [2.05, 4.69) is 30.6 Å². The van der Waals surface area contributed by atoms with Crippen molar-refractivity contribution in [3.8, 4) is 5.69 Å². The molecule has 3 heterocycles. The second kappa shape index (κ2) is 12.1. The first-order valence-corrected chi connectivity index (χ1v) is 12.4. The summed E-state index contributed by atoms with van der Waals surface area (Å²) in [7, 11) is 0. The average molecular weight is 508 g/mol. The van der Waals surface area contributed by atoms with E-state index in [4.69, 9.17) is 10.5 Å². The number of carbonyl (C=O) groups excluding carboxylic acids is 2. The number of unbranched alkanes of at least 4 members (excludes halogenated alkanes) is 1. The highest BCUT2D eigenvalue weighted by molar-refractivity contribution is 5.84. The molecule has 0 spiro atoms. The van der Waals surface area contributed by atoms with E-state index in [0.29, 0.717) is 31.3 Å². The van der Waals surface area contributed by atoms with Crippen molar-refractivity contribution in [1.29, 1.82) is 0 Å². The highest BCUT2D eigenvalue weighted by Crippen LogP contribution is 2.22. The Balaban J connectivity index is 1.40. The number of pyridine rings is 1. The van der Waals surface area contributed by atoms with Gasteiger partial charge in [0.15, 0.2) is 0 Å². The molecule has 0 atom stereocenters. The van der Waals surface area contributed by atoms with Gasteiger partial charge >= 0.3 is 6.09 Å². The van der Waals surface area contributed by atoms with Crippen molar-refractivity contribution >= 4 is 41.1 Å². The molecule has 3 aromatic rings. The first-order valence-electron chi connectivity index (χ1n) is 12.4. The number of rotatable bonds is 8. The predicted molar refractivity (Wildman–Crippen MR) is 142 cm³/mol. The summed E-state index contributed by atoms with van der Waals surface area (Å²) in [6.45, 7) is 6.95. The van der Waals surface area contributed by atoms with Crippen LogP contribution >= 0.6 is 0 Å². The van der Waals surface area contributed by atoms with Gasteiger partial charge in [-0.2, -0.15) is 9.67 Å².